The standard InChI is InChI=1S/C13H23NO4/c1-10(2)12(16)17-8-7-14(6)9-11(15)18-13(3,4)5/h1,7-9H2,2-6H3. The molecule has 0 fully saturated rings. The summed E-state index contributed by atoms with van der Waals surface area (Å²) in [5.41, 5.74) is -0.116. The van der Waals surface area contributed by atoms with Crippen LogP contribution in [-0.4, -0.2) is 49.2 Å². The fourth-order valence-electron chi connectivity index (χ4n) is 1.09. The van der Waals surface area contributed by atoms with E-state index in [9.17, 15) is 9.59 Å². The zero-order chi connectivity index (χ0) is 14.3. The van der Waals surface area contributed by atoms with Gasteiger partial charge in [-0.3, -0.25) is 9.69 Å². The second-order valence-corrected chi connectivity index (χ2v) is 5.24. The van der Waals surface area contributed by atoms with Crippen LogP contribution in [0.1, 0.15) is 27.7 Å². The second kappa shape index (κ2) is 7.16. The van der Waals surface area contributed by atoms with Crippen molar-refractivity contribution >= 4 is 11.9 Å². The van der Waals surface area contributed by atoms with Crippen molar-refractivity contribution in [2.45, 2.75) is 33.3 Å². The number of hydrogen-bond donors (Lipinski definition) is 0. The Morgan fingerprint density at radius 2 is 1.83 bits per heavy atom. The highest BCUT2D eigenvalue weighted by Crippen LogP contribution is 2.07. The van der Waals surface area contributed by atoms with Gasteiger partial charge in [0.1, 0.15) is 12.2 Å². The Bertz CT molecular complexity index is 317. The minimum absolute atomic E-state index is 0.169. The molecule has 0 amide bonds. The van der Waals surface area contributed by atoms with E-state index in [2.05, 4.69) is 6.58 Å². The van der Waals surface area contributed by atoms with Gasteiger partial charge in [0.15, 0.2) is 0 Å². The van der Waals surface area contributed by atoms with Gasteiger partial charge in [-0.05, 0) is 34.7 Å². The number of likely N-dealkylation sites (N-methyl/N-ethyl adjacent to an activating group) is 1. The van der Waals surface area contributed by atoms with Crippen molar-refractivity contribution in [3.05, 3.63) is 12.2 Å². The Kier molecular flexibility index (Phi) is 6.62. The second-order valence-electron chi connectivity index (χ2n) is 5.24. The van der Waals surface area contributed by atoms with Gasteiger partial charge in [-0.25, -0.2) is 4.79 Å². The van der Waals surface area contributed by atoms with Crippen LogP contribution in [0.3, 0.4) is 0 Å². The third-order valence-corrected chi connectivity index (χ3v) is 1.87. The van der Waals surface area contributed by atoms with Crippen LogP contribution >= 0.6 is 0 Å². The lowest BCUT2D eigenvalue weighted by molar-refractivity contribution is -0.155. The Labute approximate surface area is 109 Å². The van der Waals surface area contributed by atoms with Gasteiger partial charge in [-0.1, -0.05) is 6.58 Å². The first kappa shape index (κ1) is 16.6. The summed E-state index contributed by atoms with van der Waals surface area (Å²) in [6.07, 6.45) is 0. The van der Waals surface area contributed by atoms with Crippen molar-refractivity contribution in [2.24, 2.45) is 0 Å². The van der Waals surface area contributed by atoms with Gasteiger partial charge in [-0.15, -0.1) is 0 Å². The lowest BCUT2D eigenvalue weighted by Gasteiger charge is -2.22. The molecule has 0 N–H and O–H groups in total. The molecule has 0 rings (SSSR count). The summed E-state index contributed by atoms with van der Waals surface area (Å²) in [6, 6.07) is 0. The van der Waals surface area contributed by atoms with Gasteiger partial charge in [0, 0.05) is 12.1 Å². The normalized spacial score (nSPS) is 11.2. The molecule has 0 spiro atoms. The van der Waals surface area contributed by atoms with E-state index in [-0.39, 0.29) is 19.1 Å². The van der Waals surface area contributed by atoms with E-state index in [0.29, 0.717) is 12.1 Å². The first-order chi connectivity index (χ1) is 8.11. The average Bonchev–Trinajstić information content (AvgIpc) is 2.13. The van der Waals surface area contributed by atoms with Gasteiger partial charge in [0.2, 0.25) is 0 Å². The largest absolute Gasteiger partial charge is 0.461 e. The van der Waals surface area contributed by atoms with Crippen molar-refractivity contribution in [3.63, 3.8) is 0 Å². The number of carbonyl (C=O) groups excluding carboxylic acids is 2. The number of esters is 2. The van der Waals surface area contributed by atoms with Crippen LogP contribution in [0.25, 0.3) is 0 Å². The SMILES string of the molecule is C=C(C)C(=O)OCCN(C)CC(=O)OC(C)(C)C. The first-order valence-corrected chi connectivity index (χ1v) is 5.85. The Balaban J connectivity index is 3.84. The quantitative estimate of drug-likeness (QED) is 0.531. The monoisotopic (exact) mass is 257 g/mol. The molecule has 0 aliphatic rings. The molecule has 0 aromatic rings. The molecule has 0 heterocycles. The van der Waals surface area contributed by atoms with Crippen molar-refractivity contribution in [3.8, 4) is 0 Å². The molecule has 0 unspecified atom stereocenters. The van der Waals surface area contributed by atoms with E-state index in [1.54, 1.807) is 18.9 Å². The fraction of sp³-hybridized carbons (Fsp3) is 0.692. The molecule has 0 aromatic carbocycles. The van der Waals surface area contributed by atoms with E-state index in [4.69, 9.17) is 9.47 Å². The number of rotatable bonds is 6. The van der Waals surface area contributed by atoms with E-state index in [1.165, 1.54) is 0 Å². The lowest BCUT2D eigenvalue weighted by Crippen LogP contribution is -2.34. The van der Waals surface area contributed by atoms with Crippen molar-refractivity contribution in [2.75, 3.05) is 26.7 Å². The molecule has 0 bridgehead atoms. The van der Waals surface area contributed by atoms with Crippen LogP contribution in [0.2, 0.25) is 0 Å². The minimum Gasteiger partial charge on any atom is -0.461 e. The summed E-state index contributed by atoms with van der Waals surface area (Å²) in [5, 5.41) is 0. The van der Waals surface area contributed by atoms with Crippen molar-refractivity contribution in [1.29, 1.82) is 0 Å². The van der Waals surface area contributed by atoms with Crippen molar-refractivity contribution < 1.29 is 19.1 Å². The van der Waals surface area contributed by atoms with Crippen LogP contribution in [-0.2, 0) is 19.1 Å². The summed E-state index contributed by atoms with van der Waals surface area (Å²) in [7, 11) is 1.76. The maximum Gasteiger partial charge on any atom is 0.333 e. The predicted molar refractivity (Wildman–Crippen MR) is 69.1 cm³/mol. The summed E-state index contributed by atoms with van der Waals surface area (Å²) in [6.45, 7) is 11.4. The average molecular weight is 257 g/mol. The fourth-order valence-corrected chi connectivity index (χ4v) is 1.09. The Morgan fingerprint density at radius 1 is 1.28 bits per heavy atom. The molecule has 0 aliphatic heterocycles. The van der Waals surface area contributed by atoms with Crippen LogP contribution in [0, 0.1) is 0 Å². The smallest absolute Gasteiger partial charge is 0.333 e. The summed E-state index contributed by atoms with van der Waals surface area (Å²) in [4.78, 5) is 24.3. The number of hydrogen-bond acceptors (Lipinski definition) is 5. The highest BCUT2D eigenvalue weighted by Gasteiger charge is 2.17. The van der Waals surface area contributed by atoms with Gasteiger partial charge in [0.25, 0.3) is 0 Å². The highest BCUT2D eigenvalue weighted by molar-refractivity contribution is 5.86. The van der Waals surface area contributed by atoms with Gasteiger partial charge >= 0.3 is 11.9 Å². The molecule has 0 atom stereocenters. The van der Waals surface area contributed by atoms with Gasteiger partial charge in [0.05, 0.1) is 6.54 Å². The van der Waals surface area contributed by atoms with Gasteiger partial charge in [-0.2, -0.15) is 0 Å². The number of ether oxygens (including phenoxy) is 2. The molecule has 104 valence electrons. The van der Waals surface area contributed by atoms with Crippen LogP contribution in [0.15, 0.2) is 12.2 Å². The van der Waals surface area contributed by atoms with E-state index in [1.807, 2.05) is 20.8 Å². The molecule has 0 radical (unpaired) electrons. The topological polar surface area (TPSA) is 55.8 Å². The maximum absolute atomic E-state index is 11.5. The van der Waals surface area contributed by atoms with Crippen LogP contribution < -0.4 is 0 Å². The molecule has 0 saturated carbocycles. The lowest BCUT2D eigenvalue weighted by atomic mass is 10.2. The zero-order valence-corrected chi connectivity index (χ0v) is 11.9. The minimum atomic E-state index is -0.482. The van der Waals surface area contributed by atoms with Crippen molar-refractivity contribution in [1.82, 2.24) is 4.90 Å². The third-order valence-electron chi connectivity index (χ3n) is 1.87. The van der Waals surface area contributed by atoms with Crippen LogP contribution in [0.5, 0.6) is 0 Å². The first-order valence-electron chi connectivity index (χ1n) is 5.85. The Hall–Kier alpha value is -1.36. The predicted octanol–water partition coefficient (Wildman–Crippen LogP) is 1.38. The Morgan fingerprint density at radius 3 is 2.28 bits per heavy atom. The zero-order valence-electron chi connectivity index (χ0n) is 11.9. The highest BCUT2D eigenvalue weighted by atomic mass is 16.6. The van der Waals surface area contributed by atoms with E-state index < -0.39 is 11.6 Å². The molecule has 0 saturated heterocycles. The molecule has 18 heavy (non-hydrogen) atoms. The van der Waals surface area contributed by atoms with Gasteiger partial charge < -0.3 is 9.47 Å². The number of carbonyl (C=O) groups is 2. The number of nitrogens with zero attached hydrogens (tertiary/aromatic N) is 1. The maximum atomic E-state index is 11.5. The summed E-state index contributed by atoms with van der Waals surface area (Å²) in [5.74, 6) is -0.711. The molecule has 0 aliphatic carbocycles. The molecule has 0 aromatic heterocycles. The summed E-state index contributed by atoms with van der Waals surface area (Å²) >= 11 is 0. The van der Waals surface area contributed by atoms with Crippen LogP contribution in [0.4, 0.5) is 0 Å². The molecular formula is C13H23NO4. The molecule has 5 heteroatoms. The summed E-state index contributed by atoms with van der Waals surface area (Å²) < 4.78 is 10.1. The molecular weight excluding hydrogens is 234 g/mol. The van der Waals surface area contributed by atoms with E-state index in [0.717, 1.165) is 0 Å². The third kappa shape index (κ3) is 8.75. The molecule has 5 nitrogen and oxygen atoms in total. The van der Waals surface area contributed by atoms with E-state index >= 15 is 0 Å².